The van der Waals surface area contributed by atoms with E-state index in [9.17, 15) is 0 Å². The number of rotatable bonds is 5. The molecule has 2 atom stereocenters. The first-order chi connectivity index (χ1) is 10.0. The van der Waals surface area contributed by atoms with Crippen molar-refractivity contribution in [2.24, 2.45) is 11.7 Å². The smallest absolute Gasteiger partial charge is 0.119 e. The molecule has 2 rings (SSSR count). The average Bonchev–Trinajstić information content (AvgIpc) is 2.46. The topological polar surface area (TPSA) is 38.5 Å². The van der Waals surface area contributed by atoms with Crippen LogP contribution in [0.4, 0.5) is 0 Å². The molecule has 0 spiro atoms. The molecular formula is C18H30N2O. The van der Waals surface area contributed by atoms with Gasteiger partial charge in [0.25, 0.3) is 0 Å². The Hall–Kier alpha value is -1.06. The molecule has 0 aromatic heterocycles. The van der Waals surface area contributed by atoms with Crippen molar-refractivity contribution in [2.45, 2.75) is 58.7 Å². The van der Waals surface area contributed by atoms with Gasteiger partial charge in [-0.1, -0.05) is 12.1 Å². The van der Waals surface area contributed by atoms with E-state index in [2.05, 4.69) is 56.9 Å². The molecule has 1 aromatic rings. The Morgan fingerprint density at radius 2 is 1.86 bits per heavy atom. The van der Waals surface area contributed by atoms with Gasteiger partial charge in [-0.2, -0.15) is 0 Å². The molecule has 3 heteroatoms. The van der Waals surface area contributed by atoms with E-state index in [0.717, 1.165) is 12.3 Å². The van der Waals surface area contributed by atoms with Crippen LogP contribution in [0.3, 0.4) is 0 Å². The van der Waals surface area contributed by atoms with Gasteiger partial charge < -0.3 is 10.5 Å². The van der Waals surface area contributed by atoms with E-state index in [1.165, 1.54) is 24.9 Å². The SMILES string of the molecule is CC(C)Oc1ccc(C2C(CN)CCCN2C(C)C)cc1. The fourth-order valence-electron chi connectivity index (χ4n) is 3.41. The third-order valence-electron chi connectivity index (χ3n) is 4.35. The van der Waals surface area contributed by atoms with Crippen molar-refractivity contribution >= 4 is 0 Å². The molecule has 1 aliphatic rings. The van der Waals surface area contributed by atoms with Crippen molar-refractivity contribution in [3.05, 3.63) is 29.8 Å². The Morgan fingerprint density at radius 1 is 1.19 bits per heavy atom. The first kappa shape index (κ1) is 16.3. The minimum atomic E-state index is 0.217. The maximum atomic E-state index is 6.04. The number of benzene rings is 1. The molecule has 1 fully saturated rings. The third kappa shape index (κ3) is 3.98. The zero-order valence-electron chi connectivity index (χ0n) is 13.9. The zero-order valence-corrected chi connectivity index (χ0v) is 13.9. The summed E-state index contributed by atoms with van der Waals surface area (Å²) in [6.07, 6.45) is 2.70. The average molecular weight is 290 g/mol. The Morgan fingerprint density at radius 3 is 2.38 bits per heavy atom. The van der Waals surface area contributed by atoms with Crippen molar-refractivity contribution in [1.82, 2.24) is 4.90 Å². The molecule has 0 saturated carbocycles. The van der Waals surface area contributed by atoms with Gasteiger partial charge in [0.15, 0.2) is 0 Å². The van der Waals surface area contributed by atoms with Crippen LogP contribution in [0.25, 0.3) is 0 Å². The maximum Gasteiger partial charge on any atom is 0.119 e. The van der Waals surface area contributed by atoms with Gasteiger partial charge >= 0.3 is 0 Å². The van der Waals surface area contributed by atoms with E-state index in [4.69, 9.17) is 10.5 Å². The maximum absolute atomic E-state index is 6.04. The standard InChI is InChI=1S/C18H30N2O/c1-13(2)20-11-5-6-16(12-19)18(20)15-7-9-17(10-8-15)21-14(3)4/h7-10,13-14,16,18H,5-6,11-12,19H2,1-4H3. The molecule has 1 heterocycles. The molecule has 1 aromatic carbocycles. The second-order valence-corrected chi connectivity index (χ2v) is 6.65. The van der Waals surface area contributed by atoms with Gasteiger partial charge in [0.2, 0.25) is 0 Å². The molecule has 0 radical (unpaired) electrons. The first-order valence-corrected chi connectivity index (χ1v) is 8.25. The quantitative estimate of drug-likeness (QED) is 0.900. The van der Waals surface area contributed by atoms with Gasteiger partial charge in [0.1, 0.15) is 5.75 Å². The number of hydrogen-bond acceptors (Lipinski definition) is 3. The summed E-state index contributed by atoms with van der Waals surface area (Å²) in [7, 11) is 0. The lowest BCUT2D eigenvalue weighted by atomic mass is 9.84. The van der Waals surface area contributed by atoms with E-state index < -0.39 is 0 Å². The second-order valence-electron chi connectivity index (χ2n) is 6.65. The lowest BCUT2D eigenvalue weighted by Gasteiger charge is -2.43. The summed E-state index contributed by atoms with van der Waals surface area (Å²) in [4.78, 5) is 2.60. The van der Waals surface area contributed by atoms with E-state index in [0.29, 0.717) is 18.0 Å². The van der Waals surface area contributed by atoms with Crippen LogP contribution < -0.4 is 10.5 Å². The third-order valence-corrected chi connectivity index (χ3v) is 4.35. The summed E-state index contributed by atoms with van der Waals surface area (Å²) in [5.41, 5.74) is 7.41. The number of likely N-dealkylation sites (tertiary alicyclic amines) is 1. The van der Waals surface area contributed by atoms with E-state index in [1.54, 1.807) is 0 Å². The predicted octanol–water partition coefficient (Wildman–Crippen LogP) is 3.59. The van der Waals surface area contributed by atoms with E-state index >= 15 is 0 Å². The molecule has 2 unspecified atom stereocenters. The van der Waals surface area contributed by atoms with Gasteiger partial charge in [-0.3, -0.25) is 4.90 Å². The monoisotopic (exact) mass is 290 g/mol. The molecule has 0 bridgehead atoms. The molecular weight excluding hydrogens is 260 g/mol. The van der Waals surface area contributed by atoms with Gasteiger partial charge in [0.05, 0.1) is 6.10 Å². The lowest BCUT2D eigenvalue weighted by Crippen LogP contribution is -2.44. The molecule has 3 nitrogen and oxygen atoms in total. The minimum absolute atomic E-state index is 0.217. The largest absolute Gasteiger partial charge is 0.491 e. The van der Waals surface area contributed by atoms with Gasteiger partial charge in [-0.25, -0.2) is 0 Å². The number of piperidine rings is 1. The molecule has 21 heavy (non-hydrogen) atoms. The highest BCUT2D eigenvalue weighted by atomic mass is 16.5. The predicted molar refractivity (Wildman–Crippen MR) is 88.6 cm³/mol. The molecule has 1 aliphatic heterocycles. The molecule has 0 aliphatic carbocycles. The fourth-order valence-corrected chi connectivity index (χ4v) is 3.41. The van der Waals surface area contributed by atoms with Crippen molar-refractivity contribution in [2.75, 3.05) is 13.1 Å². The van der Waals surface area contributed by atoms with Crippen LogP contribution in [-0.2, 0) is 0 Å². The minimum Gasteiger partial charge on any atom is -0.491 e. The normalized spacial score (nSPS) is 23.8. The van der Waals surface area contributed by atoms with Crippen molar-refractivity contribution in [1.29, 1.82) is 0 Å². The Labute approximate surface area is 129 Å². The number of hydrogen-bond donors (Lipinski definition) is 1. The van der Waals surface area contributed by atoms with Gasteiger partial charge in [-0.05, 0) is 77.2 Å². The van der Waals surface area contributed by atoms with Crippen molar-refractivity contribution in [3.8, 4) is 5.75 Å². The highest BCUT2D eigenvalue weighted by Crippen LogP contribution is 2.37. The Bertz CT molecular complexity index is 427. The number of ether oxygens (including phenoxy) is 1. The highest BCUT2D eigenvalue weighted by Gasteiger charge is 2.33. The van der Waals surface area contributed by atoms with Crippen LogP contribution in [0.1, 0.15) is 52.1 Å². The zero-order chi connectivity index (χ0) is 15.4. The van der Waals surface area contributed by atoms with Crippen LogP contribution in [-0.4, -0.2) is 30.1 Å². The van der Waals surface area contributed by atoms with Crippen molar-refractivity contribution < 1.29 is 4.74 Å². The van der Waals surface area contributed by atoms with Crippen LogP contribution in [0.5, 0.6) is 5.75 Å². The van der Waals surface area contributed by atoms with Crippen LogP contribution in [0, 0.1) is 5.92 Å². The molecule has 2 N–H and O–H groups in total. The van der Waals surface area contributed by atoms with Gasteiger partial charge in [-0.15, -0.1) is 0 Å². The summed E-state index contributed by atoms with van der Waals surface area (Å²) >= 11 is 0. The molecule has 118 valence electrons. The van der Waals surface area contributed by atoms with Crippen LogP contribution in [0.15, 0.2) is 24.3 Å². The van der Waals surface area contributed by atoms with Crippen LogP contribution >= 0.6 is 0 Å². The summed E-state index contributed by atoms with van der Waals surface area (Å²) in [6, 6.07) is 9.61. The van der Waals surface area contributed by atoms with Crippen molar-refractivity contribution in [3.63, 3.8) is 0 Å². The molecule has 0 amide bonds. The number of nitrogens with zero attached hydrogens (tertiary/aromatic N) is 1. The Balaban J connectivity index is 2.22. The summed E-state index contributed by atoms with van der Waals surface area (Å²) < 4.78 is 5.75. The van der Waals surface area contributed by atoms with E-state index in [-0.39, 0.29) is 6.10 Å². The fraction of sp³-hybridized carbons (Fsp3) is 0.667. The first-order valence-electron chi connectivity index (χ1n) is 8.25. The molecule has 1 saturated heterocycles. The summed E-state index contributed by atoms with van der Waals surface area (Å²) in [6.45, 7) is 10.6. The summed E-state index contributed by atoms with van der Waals surface area (Å²) in [5, 5.41) is 0. The highest BCUT2D eigenvalue weighted by molar-refractivity contribution is 5.30. The second kappa shape index (κ2) is 7.28. The van der Waals surface area contributed by atoms with Gasteiger partial charge in [0, 0.05) is 12.1 Å². The van der Waals surface area contributed by atoms with E-state index in [1.807, 2.05) is 0 Å². The lowest BCUT2D eigenvalue weighted by molar-refractivity contribution is 0.0665. The summed E-state index contributed by atoms with van der Waals surface area (Å²) in [5.74, 6) is 1.50. The van der Waals surface area contributed by atoms with Crippen LogP contribution in [0.2, 0.25) is 0 Å². The number of nitrogens with two attached hydrogens (primary N) is 1. The Kier molecular flexibility index (Phi) is 5.65.